The highest BCUT2D eigenvalue weighted by Gasteiger charge is 2.31. The van der Waals surface area contributed by atoms with Crippen molar-refractivity contribution < 1.29 is 17.6 Å². The molecule has 1 aliphatic rings. The second-order valence-electron chi connectivity index (χ2n) is 5.80. The Kier molecular flexibility index (Phi) is 3.94. The molecule has 0 heterocycles. The van der Waals surface area contributed by atoms with Crippen molar-refractivity contribution in [3.8, 4) is 0 Å². The fourth-order valence-electron chi connectivity index (χ4n) is 3.27. The topological polar surface area (TPSA) is 0 Å². The first-order valence-electron chi connectivity index (χ1n) is 7.38. The molecule has 2 aromatic carbocycles. The molecule has 3 rings (SSSR count). The summed E-state index contributed by atoms with van der Waals surface area (Å²) in [5, 5.41) is 0. The van der Waals surface area contributed by atoms with Crippen LogP contribution in [-0.4, -0.2) is 0 Å². The maximum atomic E-state index is 13.9. The van der Waals surface area contributed by atoms with E-state index in [0.717, 1.165) is 30.0 Å². The van der Waals surface area contributed by atoms with E-state index in [0.29, 0.717) is 18.4 Å². The van der Waals surface area contributed by atoms with Crippen molar-refractivity contribution >= 4 is 0 Å². The summed E-state index contributed by atoms with van der Waals surface area (Å²) in [6.45, 7) is 0. The quantitative estimate of drug-likeness (QED) is 0.642. The van der Waals surface area contributed by atoms with Crippen LogP contribution in [0.1, 0.15) is 41.0 Å². The van der Waals surface area contributed by atoms with Crippen LogP contribution in [0.2, 0.25) is 0 Å². The van der Waals surface area contributed by atoms with Crippen LogP contribution in [-0.2, 0) is 19.0 Å². The monoisotopic (exact) mass is 308 g/mol. The van der Waals surface area contributed by atoms with Gasteiger partial charge in [0.2, 0.25) is 0 Å². The molecule has 0 N–H and O–H groups in total. The number of benzene rings is 2. The summed E-state index contributed by atoms with van der Waals surface area (Å²) in [6, 6.07) is 10.5. The van der Waals surface area contributed by atoms with Gasteiger partial charge in [-0.15, -0.1) is 0 Å². The third-order valence-electron chi connectivity index (χ3n) is 4.31. The van der Waals surface area contributed by atoms with E-state index in [1.165, 1.54) is 18.2 Å². The molecule has 0 spiro atoms. The fraction of sp³-hybridized carbons (Fsp3) is 0.333. The minimum absolute atomic E-state index is 0.0860. The predicted molar refractivity (Wildman–Crippen MR) is 77.2 cm³/mol. The van der Waals surface area contributed by atoms with Crippen molar-refractivity contribution in [2.75, 3.05) is 0 Å². The molecule has 2 aromatic rings. The third-order valence-corrected chi connectivity index (χ3v) is 4.31. The lowest BCUT2D eigenvalue weighted by Gasteiger charge is -2.26. The van der Waals surface area contributed by atoms with Gasteiger partial charge >= 0.3 is 6.18 Å². The molecule has 0 aromatic heterocycles. The van der Waals surface area contributed by atoms with E-state index in [4.69, 9.17) is 0 Å². The molecular weight excluding hydrogens is 292 g/mol. The molecule has 1 aliphatic carbocycles. The van der Waals surface area contributed by atoms with E-state index in [9.17, 15) is 17.6 Å². The predicted octanol–water partition coefficient (Wildman–Crippen LogP) is 5.51. The Labute approximate surface area is 126 Å². The van der Waals surface area contributed by atoms with Gasteiger partial charge in [0.25, 0.3) is 0 Å². The van der Waals surface area contributed by atoms with Gasteiger partial charge < -0.3 is 0 Å². The summed E-state index contributed by atoms with van der Waals surface area (Å²) in [7, 11) is 0. The molecule has 0 nitrogen and oxygen atoms in total. The molecule has 0 fully saturated rings. The van der Waals surface area contributed by atoms with Crippen molar-refractivity contribution in [1.29, 1.82) is 0 Å². The van der Waals surface area contributed by atoms with E-state index in [-0.39, 0.29) is 11.7 Å². The summed E-state index contributed by atoms with van der Waals surface area (Å²) < 4.78 is 52.2. The van der Waals surface area contributed by atoms with Gasteiger partial charge in [0.05, 0.1) is 5.56 Å². The first-order valence-corrected chi connectivity index (χ1v) is 7.38. The smallest absolute Gasteiger partial charge is 0.207 e. The first-order chi connectivity index (χ1) is 10.4. The Balaban J connectivity index is 1.88. The van der Waals surface area contributed by atoms with Crippen molar-refractivity contribution in [2.24, 2.45) is 0 Å². The molecule has 0 saturated heterocycles. The standard InChI is InChI=1S/C18H16F4/c19-17-9-3-7-15-13(5-2-8-16(15)17)10-12-4-1-6-14(11-12)18(20,21)22/h1,3-4,6-7,9,11,13H,2,5,8,10H2/t13-/m0/s1. The minimum atomic E-state index is -4.33. The number of alkyl halides is 3. The summed E-state index contributed by atoms with van der Waals surface area (Å²) in [6.07, 6.45) is -1.35. The molecule has 4 heteroatoms. The Hall–Kier alpha value is -1.84. The van der Waals surface area contributed by atoms with Gasteiger partial charge in [-0.25, -0.2) is 4.39 Å². The van der Waals surface area contributed by atoms with Gasteiger partial charge in [0.15, 0.2) is 0 Å². The molecule has 0 radical (unpaired) electrons. The molecule has 0 unspecified atom stereocenters. The van der Waals surface area contributed by atoms with Crippen LogP contribution in [0.4, 0.5) is 17.6 Å². The number of rotatable bonds is 2. The van der Waals surface area contributed by atoms with Gasteiger partial charge in [0, 0.05) is 0 Å². The lowest BCUT2D eigenvalue weighted by atomic mass is 9.79. The summed E-state index contributed by atoms with van der Waals surface area (Å²) in [4.78, 5) is 0. The normalized spacial score (nSPS) is 18.1. The zero-order valence-corrected chi connectivity index (χ0v) is 12.0. The van der Waals surface area contributed by atoms with Gasteiger partial charge in [-0.3, -0.25) is 0 Å². The number of hydrogen-bond donors (Lipinski definition) is 0. The molecule has 22 heavy (non-hydrogen) atoms. The average molecular weight is 308 g/mol. The average Bonchev–Trinajstić information content (AvgIpc) is 2.48. The number of halogens is 4. The van der Waals surface area contributed by atoms with Crippen LogP contribution in [0.25, 0.3) is 0 Å². The molecular formula is C18H16F4. The highest BCUT2D eigenvalue weighted by Crippen LogP contribution is 2.36. The van der Waals surface area contributed by atoms with Gasteiger partial charge in [-0.05, 0) is 60.4 Å². The number of hydrogen-bond acceptors (Lipinski definition) is 0. The van der Waals surface area contributed by atoms with Crippen LogP contribution in [0.5, 0.6) is 0 Å². The Bertz CT molecular complexity index is 673. The van der Waals surface area contributed by atoms with E-state index < -0.39 is 11.7 Å². The van der Waals surface area contributed by atoms with Crippen molar-refractivity contribution in [3.05, 3.63) is 70.5 Å². The van der Waals surface area contributed by atoms with Crippen LogP contribution in [0.15, 0.2) is 42.5 Å². The minimum Gasteiger partial charge on any atom is -0.207 e. The maximum Gasteiger partial charge on any atom is 0.416 e. The summed E-state index contributed by atoms with van der Waals surface area (Å²) in [5.74, 6) is -0.117. The SMILES string of the molecule is Fc1cccc2c1CCC[C@H]2Cc1cccc(C(F)(F)F)c1. The highest BCUT2D eigenvalue weighted by atomic mass is 19.4. The summed E-state index contributed by atoms with van der Waals surface area (Å²) in [5.41, 5.74) is 1.70. The molecule has 116 valence electrons. The van der Waals surface area contributed by atoms with Crippen LogP contribution in [0.3, 0.4) is 0 Å². The van der Waals surface area contributed by atoms with Crippen molar-refractivity contribution in [2.45, 2.75) is 37.8 Å². The zero-order valence-electron chi connectivity index (χ0n) is 12.0. The molecule has 0 aliphatic heterocycles. The largest absolute Gasteiger partial charge is 0.416 e. The van der Waals surface area contributed by atoms with Crippen molar-refractivity contribution in [1.82, 2.24) is 0 Å². The van der Waals surface area contributed by atoms with Gasteiger partial charge in [-0.1, -0.05) is 30.3 Å². The fourth-order valence-corrected chi connectivity index (χ4v) is 3.27. The molecule has 0 amide bonds. The van der Waals surface area contributed by atoms with Gasteiger partial charge in [0.1, 0.15) is 5.82 Å². The summed E-state index contributed by atoms with van der Waals surface area (Å²) >= 11 is 0. The van der Waals surface area contributed by atoms with Crippen molar-refractivity contribution in [3.63, 3.8) is 0 Å². The second kappa shape index (κ2) is 5.75. The van der Waals surface area contributed by atoms with Crippen LogP contribution in [0, 0.1) is 5.82 Å². The Morgan fingerprint density at radius 3 is 2.59 bits per heavy atom. The maximum absolute atomic E-state index is 13.9. The van der Waals surface area contributed by atoms with E-state index in [2.05, 4.69) is 0 Å². The second-order valence-corrected chi connectivity index (χ2v) is 5.80. The Morgan fingerprint density at radius 2 is 1.82 bits per heavy atom. The number of fused-ring (bicyclic) bond motifs is 1. The van der Waals surface area contributed by atoms with E-state index in [1.807, 2.05) is 6.07 Å². The van der Waals surface area contributed by atoms with Crippen LogP contribution < -0.4 is 0 Å². The zero-order chi connectivity index (χ0) is 15.7. The first kappa shape index (κ1) is 15.1. The molecule has 0 saturated carbocycles. The lowest BCUT2D eigenvalue weighted by Crippen LogP contribution is -2.14. The van der Waals surface area contributed by atoms with Gasteiger partial charge in [-0.2, -0.15) is 13.2 Å². The van der Waals surface area contributed by atoms with Crippen LogP contribution >= 0.6 is 0 Å². The molecule has 0 bridgehead atoms. The lowest BCUT2D eigenvalue weighted by molar-refractivity contribution is -0.137. The third kappa shape index (κ3) is 3.01. The van der Waals surface area contributed by atoms with E-state index >= 15 is 0 Å². The Morgan fingerprint density at radius 1 is 1.05 bits per heavy atom. The van der Waals surface area contributed by atoms with E-state index in [1.54, 1.807) is 12.1 Å². The highest BCUT2D eigenvalue weighted by molar-refractivity contribution is 5.36. The molecule has 1 atom stereocenters.